The highest BCUT2D eigenvalue weighted by Gasteiger charge is 2.55. The summed E-state index contributed by atoms with van der Waals surface area (Å²) in [6.07, 6.45) is -0.532. The van der Waals surface area contributed by atoms with Crippen molar-refractivity contribution in [1.29, 1.82) is 0 Å². The van der Waals surface area contributed by atoms with Gasteiger partial charge < -0.3 is 19.5 Å². The van der Waals surface area contributed by atoms with Gasteiger partial charge in [-0.1, -0.05) is 17.9 Å². The second-order valence-electron chi connectivity index (χ2n) is 6.64. The number of aromatic nitrogens is 3. The number of rotatable bonds is 2. The van der Waals surface area contributed by atoms with Crippen molar-refractivity contribution in [2.24, 2.45) is 0 Å². The zero-order valence-corrected chi connectivity index (χ0v) is 15.6. The van der Waals surface area contributed by atoms with Gasteiger partial charge >= 0.3 is 0 Å². The first-order valence-electron chi connectivity index (χ1n) is 8.44. The molecular formula is C19H18FN3O3S. The molecule has 0 amide bonds. The van der Waals surface area contributed by atoms with Crippen LogP contribution in [-0.2, 0) is 4.74 Å². The average Bonchev–Trinajstić information content (AvgIpc) is 3.33. The van der Waals surface area contributed by atoms with Crippen LogP contribution < -0.4 is 0 Å². The van der Waals surface area contributed by atoms with E-state index in [-0.39, 0.29) is 0 Å². The van der Waals surface area contributed by atoms with Gasteiger partial charge in [-0.05, 0) is 25.3 Å². The van der Waals surface area contributed by atoms with Crippen LogP contribution in [0, 0.1) is 18.8 Å². The van der Waals surface area contributed by atoms with Crippen LogP contribution in [0.3, 0.4) is 0 Å². The largest absolute Gasteiger partial charge is 0.394 e. The van der Waals surface area contributed by atoms with Gasteiger partial charge in [-0.2, -0.15) is 0 Å². The Kier molecular flexibility index (Phi) is 4.48. The standard InChI is InChI=1S/C19H18FN3O3S/c1-11-15-12(5-6-13-4-3-7-27-13)8-23(17(15)22-10-21-11)18-19(2,20)16(25)14(9-24)26-18/h3-4,7-8,10,14,16,18,24-25H,9H2,1-2H3/t14-,16-,18-,19-/m1/s1. The summed E-state index contributed by atoms with van der Waals surface area (Å²) in [5, 5.41) is 22.2. The zero-order valence-electron chi connectivity index (χ0n) is 14.8. The van der Waals surface area contributed by atoms with Gasteiger partial charge in [0.15, 0.2) is 11.9 Å². The van der Waals surface area contributed by atoms with Crippen LogP contribution in [0.25, 0.3) is 11.0 Å². The molecule has 3 aromatic heterocycles. The molecule has 0 saturated carbocycles. The first-order valence-corrected chi connectivity index (χ1v) is 9.32. The van der Waals surface area contributed by atoms with E-state index in [4.69, 9.17) is 4.74 Å². The van der Waals surface area contributed by atoms with Crippen molar-refractivity contribution < 1.29 is 19.3 Å². The molecule has 1 aliphatic heterocycles. The van der Waals surface area contributed by atoms with E-state index in [1.54, 1.807) is 6.20 Å². The summed E-state index contributed by atoms with van der Waals surface area (Å²) in [5.41, 5.74) is -0.265. The number of nitrogens with zero attached hydrogens (tertiary/aromatic N) is 3. The maximum absolute atomic E-state index is 15.3. The number of ether oxygens (including phenoxy) is 1. The molecule has 2 N–H and O–H groups in total. The van der Waals surface area contributed by atoms with Gasteiger partial charge in [0.25, 0.3) is 0 Å². The van der Waals surface area contributed by atoms with Crippen LogP contribution in [-0.4, -0.2) is 49.2 Å². The fourth-order valence-electron chi connectivity index (χ4n) is 3.35. The minimum Gasteiger partial charge on any atom is -0.394 e. The van der Waals surface area contributed by atoms with E-state index in [0.717, 1.165) is 4.88 Å². The number of thiophene rings is 1. The topological polar surface area (TPSA) is 80.4 Å². The quantitative estimate of drug-likeness (QED) is 0.659. The van der Waals surface area contributed by atoms with Crippen LogP contribution in [0.1, 0.15) is 29.3 Å². The third kappa shape index (κ3) is 2.93. The molecule has 0 radical (unpaired) electrons. The van der Waals surface area contributed by atoms with E-state index in [1.165, 1.54) is 29.2 Å². The molecule has 4 heterocycles. The summed E-state index contributed by atoms with van der Waals surface area (Å²) in [6.45, 7) is 2.62. The Balaban J connectivity index is 1.86. The Morgan fingerprint density at radius 1 is 1.41 bits per heavy atom. The number of hydrogen-bond donors (Lipinski definition) is 2. The lowest BCUT2D eigenvalue weighted by Gasteiger charge is -2.25. The van der Waals surface area contributed by atoms with E-state index in [9.17, 15) is 10.2 Å². The highest BCUT2D eigenvalue weighted by atomic mass is 32.1. The molecule has 4 atom stereocenters. The number of aryl methyl sites for hydroxylation is 1. The van der Waals surface area contributed by atoms with Crippen molar-refractivity contribution in [2.45, 2.75) is 38.0 Å². The second kappa shape index (κ2) is 6.69. The zero-order chi connectivity index (χ0) is 19.2. The third-order valence-corrected chi connectivity index (χ3v) is 5.58. The molecule has 8 heteroatoms. The van der Waals surface area contributed by atoms with E-state index in [1.807, 2.05) is 24.4 Å². The van der Waals surface area contributed by atoms with Crippen molar-refractivity contribution in [3.63, 3.8) is 0 Å². The van der Waals surface area contributed by atoms with Crippen LogP contribution in [0.15, 0.2) is 30.0 Å². The fourth-order valence-corrected chi connectivity index (χ4v) is 3.92. The number of halogens is 1. The molecule has 3 aromatic rings. The van der Waals surface area contributed by atoms with Crippen LogP contribution in [0.4, 0.5) is 4.39 Å². The third-order valence-electron chi connectivity index (χ3n) is 4.79. The van der Waals surface area contributed by atoms with Crippen LogP contribution in [0.2, 0.25) is 0 Å². The lowest BCUT2D eigenvalue weighted by molar-refractivity contribution is -0.0564. The Morgan fingerprint density at radius 3 is 2.89 bits per heavy atom. The number of alkyl halides is 1. The minimum atomic E-state index is -2.10. The molecule has 1 aliphatic rings. The van der Waals surface area contributed by atoms with E-state index < -0.39 is 30.7 Å². The van der Waals surface area contributed by atoms with E-state index in [2.05, 4.69) is 21.8 Å². The van der Waals surface area contributed by atoms with Gasteiger partial charge in [0.05, 0.1) is 28.1 Å². The summed E-state index contributed by atoms with van der Waals surface area (Å²) in [5.74, 6) is 6.20. The molecule has 140 valence electrons. The van der Waals surface area contributed by atoms with Gasteiger partial charge in [0.2, 0.25) is 0 Å². The normalized spacial score (nSPS) is 27.7. The summed E-state index contributed by atoms with van der Waals surface area (Å²) >= 11 is 1.53. The van der Waals surface area contributed by atoms with Crippen LogP contribution in [0.5, 0.6) is 0 Å². The van der Waals surface area contributed by atoms with Crippen molar-refractivity contribution >= 4 is 22.4 Å². The minimum absolute atomic E-state index is 0.470. The Bertz CT molecular complexity index is 1040. The van der Waals surface area contributed by atoms with Gasteiger partial charge in [-0.25, -0.2) is 14.4 Å². The SMILES string of the molecule is Cc1ncnc2c1c(C#Cc1cccs1)cn2[C@@H]1O[C@H](CO)[C@@H](O)[C@@]1(C)F. The van der Waals surface area contributed by atoms with Gasteiger partial charge in [-0.3, -0.25) is 0 Å². The highest BCUT2D eigenvalue weighted by Crippen LogP contribution is 2.43. The summed E-state index contributed by atoms with van der Waals surface area (Å²) in [4.78, 5) is 9.42. The highest BCUT2D eigenvalue weighted by molar-refractivity contribution is 7.10. The van der Waals surface area contributed by atoms with Crippen LogP contribution >= 0.6 is 11.3 Å². The monoisotopic (exact) mass is 387 g/mol. The van der Waals surface area contributed by atoms with Crippen molar-refractivity contribution in [1.82, 2.24) is 14.5 Å². The Morgan fingerprint density at radius 2 is 2.22 bits per heavy atom. The Labute approximate surface area is 159 Å². The molecule has 0 unspecified atom stereocenters. The first kappa shape index (κ1) is 18.1. The first-order chi connectivity index (χ1) is 12.9. The molecule has 6 nitrogen and oxygen atoms in total. The lowest BCUT2D eigenvalue weighted by atomic mass is 9.98. The fraction of sp³-hybridized carbons (Fsp3) is 0.368. The molecule has 4 rings (SSSR count). The smallest absolute Gasteiger partial charge is 0.181 e. The molecule has 27 heavy (non-hydrogen) atoms. The molecule has 0 spiro atoms. The molecule has 0 aliphatic carbocycles. The van der Waals surface area contributed by atoms with Gasteiger partial charge in [0, 0.05) is 6.20 Å². The lowest BCUT2D eigenvalue weighted by Crippen LogP contribution is -2.40. The molecule has 1 saturated heterocycles. The summed E-state index contributed by atoms with van der Waals surface area (Å²) < 4.78 is 22.4. The maximum Gasteiger partial charge on any atom is 0.181 e. The number of hydrogen-bond acceptors (Lipinski definition) is 6. The molecule has 0 bridgehead atoms. The number of aliphatic hydroxyl groups is 2. The average molecular weight is 387 g/mol. The maximum atomic E-state index is 15.3. The molecule has 0 aromatic carbocycles. The molecular weight excluding hydrogens is 369 g/mol. The predicted octanol–water partition coefficient (Wildman–Crippen LogP) is 2.18. The Hall–Kier alpha value is -2.31. The molecule has 1 fully saturated rings. The van der Waals surface area contributed by atoms with E-state index >= 15 is 4.39 Å². The van der Waals surface area contributed by atoms with Crippen molar-refractivity contribution in [3.05, 3.63) is 46.2 Å². The summed E-state index contributed by atoms with van der Waals surface area (Å²) in [6, 6.07) is 3.84. The van der Waals surface area contributed by atoms with Crippen molar-refractivity contribution in [3.8, 4) is 11.8 Å². The second-order valence-corrected chi connectivity index (χ2v) is 7.59. The summed E-state index contributed by atoms with van der Waals surface area (Å²) in [7, 11) is 0. The van der Waals surface area contributed by atoms with Crippen molar-refractivity contribution in [2.75, 3.05) is 6.61 Å². The number of aliphatic hydroxyl groups excluding tert-OH is 2. The number of fused-ring (bicyclic) bond motifs is 1. The van der Waals surface area contributed by atoms with E-state index in [0.29, 0.717) is 22.3 Å². The van der Waals surface area contributed by atoms with Gasteiger partial charge in [0.1, 0.15) is 24.2 Å². The predicted molar refractivity (Wildman–Crippen MR) is 99.1 cm³/mol. The van der Waals surface area contributed by atoms with Gasteiger partial charge in [-0.15, -0.1) is 11.3 Å².